The highest BCUT2D eigenvalue weighted by molar-refractivity contribution is 5.92. The second-order valence-corrected chi connectivity index (χ2v) is 5.14. The molecule has 0 saturated carbocycles. The highest BCUT2D eigenvalue weighted by atomic mass is 16.2. The van der Waals surface area contributed by atoms with Gasteiger partial charge in [-0.2, -0.15) is 5.10 Å². The van der Waals surface area contributed by atoms with Gasteiger partial charge in [-0.05, 0) is 32.0 Å². The number of benzene rings is 1. The zero-order valence-electron chi connectivity index (χ0n) is 12.0. The fourth-order valence-electron chi connectivity index (χ4n) is 2.25. The Hall–Kier alpha value is -2.63. The lowest BCUT2D eigenvalue weighted by molar-refractivity contribution is 0.0937. The maximum atomic E-state index is 12.2. The molecule has 21 heavy (non-hydrogen) atoms. The number of hydrogen-bond acceptors (Lipinski definition) is 3. The molecule has 0 spiro atoms. The molecular formula is C15H17N5O. The van der Waals surface area contributed by atoms with E-state index in [-0.39, 0.29) is 11.9 Å². The minimum Gasteiger partial charge on any atom is -0.343 e. The Bertz CT molecular complexity index is 738. The van der Waals surface area contributed by atoms with Gasteiger partial charge in [0.25, 0.3) is 5.91 Å². The van der Waals surface area contributed by atoms with Crippen molar-refractivity contribution in [1.29, 1.82) is 0 Å². The van der Waals surface area contributed by atoms with Crippen molar-refractivity contribution in [3.05, 3.63) is 48.0 Å². The van der Waals surface area contributed by atoms with Crippen LogP contribution in [-0.2, 0) is 6.54 Å². The molecule has 2 heterocycles. The Morgan fingerprint density at radius 1 is 1.33 bits per heavy atom. The molecule has 2 aromatic heterocycles. The summed E-state index contributed by atoms with van der Waals surface area (Å²) >= 11 is 0. The van der Waals surface area contributed by atoms with Gasteiger partial charge in [0.05, 0.1) is 17.6 Å². The summed E-state index contributed by atoms with van der Waals surface area (Å²) in [5, 5.41) is 7.02. The number of hydrogen-bond donors (Lipinski definition) is 2. The van der Waals surface area contributed by atoms with Gasteiger partial charge >= 0.3 is 0 Å². The van der Waals surface area contributed by atoms with E-state index in [1.165, 1.54) is 0 Å². The van der Waals surface area contributed by atoms with Crippen molar-refractivity contribution < 1.29 is 4.79 Å². The predicted octanol–water partition coefficient (Wildman–Crippen LogP) is 2.27. The highest BCUT2D eigenvalue weighted by Crippen LogP contribution is 2.11. The fraction of sp³-hybridized carbons (Fsp3) is 0.267. The topological polar surface area (TPSA) is 75.6 Å². The number of aromatic nitrogens is 4. The lowest BCUT2D eigenvalue weighted by Crippen LogP contribution is -2.26. The monoisotopic (exact) mass is 283 g/mol. The Morgan fingerprint density at radius 2 is 2.14 bits per heavy atom. The van der Waals surface area contributed by atoms with Crippen LogP contribution in [0.1, 0.15) is 36.2 Å². The van der Waals surface area contributed by atoms with Gasteiger partial charge < -0.3 is 10.3 Å². The van der Waals surface area contributed by atoms with E-state index in [2.05, 4.69) is 20.4 Å². The minimum atomic E-state index is -0.151. The van der Waals surface area contributed by atoms with E-state index in [1.54, 1.807) is 16.9 Å². The number of carbonyl (C=O) groups excluding carboxylic acids is 1. The van der Waals surface area contributed by atoms with Crippen LogP contribution in [0.4, 0.5) is 0 Å². The Morgan fingerprint density at radius 3 is 2.90 bits per heavy atom. The van der Waals surface area contributed by atoms with E-state index < -0.39 is 0 Å². The Labute approximate surface area is 122 Å². The van der Waals surface area contributed by atoms with Crippen molar-refractivity contribution >= 4 is 16.9 Å². The molecule has 0 aliphatic carbocycles. The summed E-state index contributed by atoms with van der Waals surface area (Å²) in [6.07, 6.45) is 1.64. The molecule has 3 aromatic rings. The molecule has 0 bridgehead atoms. The van der Waals surface area contributed by atoms with E-state index in [0.717, 1.165) is 16.9 Å². The summed E-state index contributed by atoms with van der Waals surface area (Å²) in [6, 6.07) is 9.64. The summed E-state index contributed by atoms with van der Waals surface area (Å²) in [7, 11) is 0. The summed E-state index contributed by atoms with van der Waals surface area (Å²) in [6.45, 7) is 4.34. The lowest BCUT2D eigenvalue weighted by atomic mass is 10.3. The number of aromatic amines is 1. The van der Waals surface area contributed by atoms with Crippen molar-refractivity contribution in [2.45, 2.75) is 26.4 Å². The van der Waals surface area contributed by atoms with E-state index >= 15 is 0 Å². The van der Waals surface area contributed by atoms with Crippen LogP contribution in [-0.4, -0.2) is 25.7 Å². The molecule has 0 fully saturated rings. The number of fused-ring (bicyclic) bond motifs is 1. The number of carbonyl (C=O) groups is 1. The van der Waals surface area contributed by atoms with Gasteiger partial charge in [-0.25, -0.2) is 4.98 Å². The number of H-pyrrole nitrogens is 1. The first-order valence-corrected chi connectivity index (χ1v) is 6.90. The van der Waals surface area contributed by atoms with E-state index in [9.17, 15) is 4.79 Å². The number of para-hydroxylation sites is 2. The normalized spacial score (nSPS) is 11.2. The van der Waals surface area contributed by atoms with Gasteiger partial charge in [-0.3, -0.25) is 9.48 Å². The minimum absolute atomic E-state index is 0.145. The molecule has 0 atom stereocenters. The average molecular weight is 283 g/mol. The fourth-order valence-corrected chi connectivity index (χ4v) is 2.25. The maximum Gasteiger partial charge on any atom is 0.269 e. The number of rotatable bonds is 4. The average Bonchev–Trinajstić information content (AvgIpc) is 3.10. The largest absolute Gasteiger partial charge is 0.343 e. The number of imidazole rings is 1. The van der Waals surface area contributed by atoms with Crippen molar-refractivity contribution in [3.63, 3.8) is 0 Å². The molecular weight excluding hydrogens is 266 g/mol. The summed E-state index contributed by atoms with van der Waals surface area (Å²) in [5.74, 6) is 0.585. The molecule has 0 aliphatic rings. The smallest absolute Gasteiger partial charge is 0.269 e. The maximum absolute atomic E-state index is 12.2. The van der Waals surface area contributed by atoms with Crippen LogP contribution in [0.25, 0.3) is 11.0 Å². The van der Waals surface area contributed by atoms with Crippen LogP contribution in [0, 0.1) is 0 Å². The van der Waals surface area contributed by atoms with Gasteiger partial charge in [-0.15, -0.1) is 0 Å². The molecule has 0 unspecified atom stereocenters. The number of amides is 1. The lowest BCUT2D eigenvalue weighted by Gasteiger charge is -2.10. The van der Waals surface area contributed by atoms with Gasteiger partial charge in [0.15, 0.2) is 0 Å². The molecule has 6 nitrogen and oxygen atoms in total. The molecule has 1 amide bonds. The van der Waals surface area contributed by atoms with Crippen LogP contribution in [0.3, 0.4) is 0 Å². The van der Waals surface area contributed by atoms with Crippen LogP contribution in [0.15, 0.2) is 36.5 Å². The molecule has 0 saturated heterocycles. The quantitative estimate of drug-likeness (QED) is 0.771. The SMILES string of the molecule is CC(C)n1nccc1C(=O)NCc1nc2ccccc2[nH]1. The zero-order chi connectivity index (χ0) is 14.8. The summed E-state index contributed by atoms with van der Waals surface area (Å²) in [4.78, 5) is 19.8. The Balaban J connectivity index is 1.72. The summed E-state index contributed by atoms with van der Waals surface area (Å²) in [5.41, 5.74) is 2.42. The zero-order valence-corrected chi connectivity index (χ0v) is 12.0. The highest BCUT2D eigenvalue weighted by Gasteiger charge is 2.14. The molecule has 3 rings (SSSR count). The van der Waals surface area contributed by atoms with Gasteiger partial charge in [0.1, 0.15) is 11.5 Å². The van der Waals surface area contributed by atoms with Gasteiger partial charge in [-0.1, -0.05) is 12.1 Å². The van der Waals surface area contributed by atoms with Crippen LogP contribution in [0.5, 0.6) is 0 Å². The molecule has 1 aromatic carbocycles. The van der Waals surface area contributed by atoms with Crippen LogP contribution >= 0.6 is 0 Å². The van der Waals surface area contributed by atoms with Crippen molar-refractivity contribution in [1.82, 2.24) is 25.1 Å². The molecule has 108 valence electrons. The number of nitrogens with zero attached hydrogens (tertiary/aromatic N) is 3. The predicted molar refractivity (Wildman–Crippen MR) is 79.9 cm³/mol. The first-order chi connectivity index (χ1) is 10.1. The van der Waals surface area contributed by atoms with Crippen molar-refractivity contribution in [2.75, 3.05) is 0 Å². The van der Waals surface area contributed by atoms with Crippen LogP contribution in [0.2, 0.25) is 0 Å². The van der Waals surface area contributed by atoms with E-state index in [4.69, 9.17) is 0 Å². The molecule has 2 N–H and O–H groups in total. The Kier molecular flexibility index (Phi) is 3.43. The third kappa shape index (κ3) is 2.65. The van der Waals surface area contributed by atoms with Crippen molar-refractivity contribution in [3.8, 4) is 0 Å². The van der Waals surface area contributed by atoms with Gasteiger partial charge in [0, 0.05) is 12.2 Å². The van der Waals surface area contributed by atoms with E-state index in [1.807, 2.05) is 38.1 Å². The first-order valence-electron chi connectivity index (χ1n) is 6.90. The van der Waals surface area contributed by atoms with E-state index in [0.29, 0.717) is 12.2 Å². The molecule has 6 heteroatoms. The second kappa shape index (κ2) is 5.40. The third-order valence-electron chi connectivity index (χ3n) is 3.25. The van der Waals surface area contributed by atoms with Crippen molar-refractivity contribution in [2.24, 2.45) is 0 Å². The first kappa shape index (κ1) is 13.4. The molecule has 0 radical (unpaired) electrons. The summed E-state index contributed by atoms with van der Waals surface area (Å²) < 4.78 is 1.70. The number of nitrogens with one attached hydrogen (secondary N) is 2. The standard InChI is InChI=1S/C15H17N5O/c1-10(2)20-13(7-8-17-20)15(21)16-9-14-18-11-5-3-4-6-12(11)19-14/h3-8,10H,9H2,1-2H3,(H,16,21)(H,18,19). The van der Waals surface area contributed by atoms with Crippen LogP contribution < -0.4 is 5.32 Å². The molecule has 0 aliphatic heterocycles. The third-order valence-corrected chi connectivity index (χ3v) is 3.25. The van der Waals surface area contributed by atoms with Gasteiger partial charge in [0.2, 0.25) is 0 Å². The second-order valence-electron chi connectivity index (χ2n) is 5.14.